The second kappa shape index (κ2) is 5.65. The van der Waals surface area contributed by atoms with Gasteiger partial charge in [0, 0.05) is 12.4 Å². The minimum atomic E-state index is -0.111. The van der Waals surface area contributed by atoms with Gasteiger partial charge in [0.2, 0.25) is 5.91 Å². The van der Waals surface area contributed by atoms with Gasteiger partial charge in [0.15, 0.2) is 0 Å². The normalized spacial score (nSPS) is 21.4. The van der Waals surface area contributed by atoms with Gasteiger partial charge in [-0.15, -0.1) is 0 Å². The summed E-state index contributed by atoms with van der Waals surface area (Å²) in [5.41, 5.74) is 0.711. The predicted octanol–water partition coefficient (Wildman–Crippen LogP) is 1.51. The van der Waals surface area contributed by atoms with Gasteiger partial charge >= 0.3 is 0 Å². The predicted molar refractivity (Wildman–Crippen MR) is 80.3 cm³/mol. The summed E-state index contributed by atoms with van der Waals surface area (Å²) >= 11 is 0. The van der Waals surface area contributed by atoms with E-state index >= 15 is 0 Å². The Morgan fingerprint density at radius 1 is 1.43 bits per heavy atom. The van der Waals surface area contributed by atoms with E-state index in [1.807, 2.05) is 29.8 Å². The number of amides is 1. The van der Waals surface area contributed by atoms with Crippen LogP contribution in [0.5, 0.6) is 0 Å². The smallest absolute Gasteiger partial charge is 0.241 e. The number of nitrogens with zero attached hydrogens (tertiary/aromatic N) is 3. The molecular formula is C15H19N5O. The van der Waals surface area contributed by atoms with E-state index in [1.165, 1.54) is 0 Å². The van der Waals surface area contributed by atoms with Crippen LogP contribution in [-0.4, -0.2) is 33.0 Å². The number of rotatable bonds is 3. The second-order valence-electron chi connectivity index (χ2n) is 5.44. The third-order valence-corrected chi connectivity index (χ3v) is 3.90. The quantitative estimate of drug-likeness (QED) is 0.896. The third-order valence-electron chi connectivity index (χ3n) is 3.90. The molecule has 3 rings (SSSR count). The molecule has 0 saturated carbocycles. The Hall–Kier alpha value is -2.21. The maximum Gasteiger partial charge on any atom is 0.241 e. The first-order valence-corrected chi connectivity index (χ1v) is 7.16. The maximum atomic E-state index is 12.2. The fraction of sp³-hybridized carbons (Fsp3) is 0.400. The average Bonchev–Trinajstić information content (AvgIpc) is 3.08. The number of hydrogen-bond donors (Lipinski definition) is 2. The van der Waals surface area contributed by atoms with Crippen LogP contribution in [0.3, 0.4) is 0 Å². The molecule has 1 fully saturated rings. The molecule has 3 heterocycles. The van der Waals surface area contributed by atoms with Crippen molar-refractivity contribution in [1.82, 2.24) is 19.9 Å². The Balaban J connectivity index is 1.70. The summed E-state index contributed by atoms with van der Waals surface area (Å²) < 4.78 is 1.90. The molecule has 6 nitrogen and oxygen atoms in total. The van der Waals surface area contributed by atoms with Crippen LogP contribution in [0.4, 0.5) is 5.69 Å². The molecule has 1 aliphatic heterocycles. The lowest BCUT2D eigenvalue weighted by atomic mass is 10.0. The molecule has 1 amide bonds. The second-order valence-corrected chi connectivity index (χ2v) is 5.44. The van der Waals surface area contributed by atoms with Crippen LogP contribution < -0.4 is 10.6 Å². The first kappa shape index (κ1) is 13.8. The van der Waals surface area contributed by atoms with Crippen LogP contribution in [0.2, 0.25) is 0 Å². The van der Waals surface area contributed by atoms with Crippen LogP contribution in [0.15, 0.2) is 30.7 Å². The fourth-order valence-electron chi connectivity index (χ4n) is 2.63. The summed E-state index contributed by atoms with van der Waals surface area (Å²) in [6, 6.07) is 3.62. The van der Waals surface area contributed by atoms with Gasteiger partial charge in [0.1, 0.15) is 11.6 Å². The maximum absolute atomic E-state index is 12.2. The van der Waals surface area contributed by atoms with E-state index in [-0.39, 0.29) is 11.9 Å². The summed E-state index contributed by atoms with van der Waals surface area (Å²) in [4.78, 5) is 20.7. The first-order chi connectivity index (χ1) is 10.1. The zero-order valence-corrected chi connectivity index (χ0v) is 12.2. The van der Waals surface area contributed by atoms with E-state index in [0.29, 0.717) is 11.6 Å². The minimum absolute atomic E-state index is 0.00774. The monoisotopic (exact) mass is 285 g/mol. The molecule has 2 aromatic heterocycles. The largest absolute Gasteiger partial charge is 0.323 e. The van der Waals surface area contributed by atoms with E-state index in [9.17, 15) is 4.79 Å². The van der Waals surface area contributed by atoms with Crippen LogP contribution in [0.25, 0.3) is 5.82 Å². The number of aryl methyl sites for hydroxylation is 1. The van der Waals surface area contributed by atoms with Gasteiger partial charge in [-0.25, -0.2) is 9.97 Å². The van der Waals surface area contributed by atoms with Crippen LogP contribution in [0, 0.1) is 12.8 Å². The number of imidazole rings is 1. The topological polar surface area (TPSA) is 71.8 Å². The minimum Gasteiger partial charge on any atom is -0.323 e. The highest BCUT2D eigenvalue weighted by Gasteiger charge is 2.29. The number of carbonyl (C=O) groups is 1. The molecule has 1 saturated heterocycles. The summed E-state index contributed by atoms with van der Waals surface area (Å²) in [6.45, 7) is 4.91. The van der Waals surface area contributed by atoms with Crippen LogP contribution in [-0.2, 0) is 4.79 Å². The van der Waals surface area contributed by atoms with Crippen molar-refractivity contribution >= 4 is 11.6 Å². The molecule has 2 N–H and O–H groups in total. The molecule has 2 unspecified atom stereocenters. The van der Waals surface area contributed by atoms with Gasteiger partial charge in [0.25, 0.3) is 0 Å². The average molecular weight is 285 g/mol. The summed E-state index contributed by atoms with van der Waals surface area (Å²) in [6.07, 6.45) is 6.31. The molecule has 0 aromatic carbocycles. The van der Waals surface area contributed by atoms with Gasteiger partial charge < -0.3 is 10.6 Å². The van der Waals surface area contributed by atoms with Crippen molar-refractivity contribution in [3.63, 3.8) is 0 Å². The van der Waals surface area contributed by atoms with Crippen molar-refractivity contribution in [1.29, 1.82) is 0 Å². The molecule has 0 spiro atoms. The molecule has 21 heavy (non-hydrogen) atoms. The fourth-order valence-corrected chi connectivity index (χ4v) is 2.63. The van der Waals surface area contributed by atoms with E-state index in [2.05, 4.69) is 27.5 Å². The highest BCUT2D eigenvalue weighted by Crippen LogP contribution is 2.17. The van der Waals surface area contributed by atoms with E-state index in [0.717, 1.165) is 24.6 Å². The Morgan fingerprint density at radius 2 is 2.29 bits per heavy atom. The lowest BCUT2D eigenvalue weighted by molar-refractivity contribution is -0.118. The number of nitrogens with one attached hydrogen (secondary N) is 2. The molecule has 0 aliphatic carbocycles. The summed E-state index contributed by atoms with van der Waals surface area (Å²) in [5, 5.41) is 6.14. The molecule has 2 aromatic rings. The third kappa shape index (κ3) is 2.80. The van der Waals surface area contributed by atoms with Crippen LogP contribution in [0.1, 0.15) is 19.2 Å². The zero-order chi connectivity index (χ0) is 14.8. The molecule has 110 valence electrons. The van der Waals surface area contributed by atoms with Crippen molar-refractivity contribution < 1.29 is 4.79 Å². The Bertz CT molecular complexity index is 634. The molecule has 0 radical (unpaired) electrons. The van der Waals surface area contributed by atoms with E-state index in [4.69, 9.17) is 0 Å². The summed E-state index contributed by atoms with van der Waals surface area (Å²) in [5.74, 6) is 2.04. The highest BCUT2D eigenvalue weighted by atomic mass is 16.2. The molecule has 0 bridgehead atoms. The van der Waals surface area contributed by atoms with E-state index < -0.39 is 0 Å². The lowest BCUT2D eigenvalue weighted by Gasteiger charge is -2.15. The van der Waals surface area contributed by atoms with Crippen molar-refractivity contribution in [2.45, 2.75) is 26.3 Å². The van der Waals surface area contributed by atoms with Crippen molar-refractivity contribution in [3.8, 4) is 5.82 Å². The molecule has 2 atom stereocenters. The number of aromatic nitrogens is 3. The Kier molecular flexibility index (Phi) is 3.70. The first-order valence-electron chi connectivity index (χ1n) is 7.16. The van der Waals surface area contributed by atoms with Gasteiger partial charge in [-0.1, -0.05) is 6.92 Å². The Morgan fingerprint density at radius 3 is 2.86 bits per heavy atom. The van der Waals surface area contributed by atoms with Crippen molar-refractivity contribution in [2.24, 2.45) is 5.92 Å². The Labute approximate surface area is 123 Å². The number of pyridine rings is 1. The standard InChI is InChI=1S/C15H19N5O/c1-10-5-6-17-14(10)15(21)19-12-3-4-13(18-9-12)20-8-7-16-11(20)2/h3-4,7-10,14,17H,5-6H2,1-2H3,(H,19,21). The van der Waals surface area contributed by atoms with Crippen molar-refractivity contribution in [3.05, 3.63) is 36.5 Å². The van der Waals surface area contributed by atoms with Gasteiger partial charge in [-0.05, 0) is 37.9 Å². The van der Waals surface area contributed by atoms with Gasteiger partial charge in [0.05, 0.1) is 17.9 Å². The zero-order valence-electron chi connectivity index (χ0n) is 12.2. The number of carbonyl (C=O) groups excluding carboxylic acids is 1. The van der Waals surface area contributed by atoms with Crippen molar-refractivity contribution in [2.75, 3.05) is 11.9 Å². The van der Waals surface area contributed by atoms with E-state index in [1.54, 1.807) is 12.4 Å². The summed E-state index contributed by atoms with van der Waals surface area (Å²) in [7, 11) is 0. The molecular weight excluding hydrogens is 266 g/mol. The number of hydrogen-bond acceptors (Lipinski definition) is 4. The lowest BCUT2D eigenvalue weighted by Crippen LogP contribution is -2.39. The highest BCUT2D eigenvalue weighted by molar-refractivity contribution is 5.95. The molecule has 1 aliphatic rings. The van der Waals surface area contributed by atoms with Crippen LogP contribution >= 0.6 is 0 Å². The molecule has 6 heteroatoms. The van der Waals surface area contributed by atoms with Gasteiger partial charge in [-0.3, -0.25) is 9.36 Å². The SMILES string of the molecule is Cc1nccn1-c1ccc(NC(=O)C2NCCC2C)cn1. The van der Waals surface area contributed by atoms with Gasteiger partial charge in [-0.2, -0.15) is 0 Å². The number of anilines is 1.